The first-order valence-corrected chi connectivity index (χ1v) is 6.97. The first-order chi connectivity index (χ1) is 9.71. The molecule has 0 aliphatic rings. The van der Waals surface area contributed by atoms with Crippen molar-refractivity contribution in [2.24, 2.45) is 0 Å². The summed E-state index contributed by atoms with van der Waals surface area (Å²) in [5.41, 5.74) is 7.69. The zero-order valence-corrected chi connectivity index (χ0v) is 12.7. The molecule has 0 aliphatic carbocycles. The quantitative estimate of drug-likeness (QED) is 0.666. The maximum absolute atomic E-state index is 5.96. The van der Waals surface area contributed by atoms with E-state index in [-0.39, 0.29) is 0 Å². The Balaban J connectivity index is 2.83. The number of ether oxygens (including phenoxy) is 3. The molecule has 0 saturated heterocycles. The summed E-state index contributed by atoms with van der Waals surface area (Å²) in [5.74, 6) is 0.807. The van der Waals surface area contributed by atoms with Crippen LogP contribution in [0.1, 0.15) is 13.3 Å². The normalized spacial score (nSPS) is 10.6. The SMILES string of the molecule is CCCOc1cc(N)cc(N(CCOC)CCOC)c1. The Bertz CT molecular complexity index is 377. The number of hydrogen-bond acceptors (Lipinski definition) is 5. The van der Waals surface area contributed by atoms with E-state index in [4.69, 9.17) is 19.9 Å². The van der Waals surface area contributed by atoms with Gasteiger partial charge in [-0.2, -0.15) is 0 Å². The second-order valence-electron chi connectivity index (χ2n) is 4.58. The highest BCUT2D eigenvalue weighted by Gasteiger charge is 2.09. The van der Waals surface area contributed by atoms with Crippen molar-refractivity contribution in [1.29, 1.82) is 0 Å². The van der Waals surface area contributed by atoms with Crippen LogP contribution in [-0.2, 0) is 9.47 Å². The number of benzene rings is 1. The van der Waals surface area contributed by atoms with E-state index in [1.54, 1.807) is 14.2 Å². The number of methoxy groups -OCH3 is 2. The summed E-state index contributed by atoms with van der Waals surface area (Å²) in [5, 5.41) is 0. The maximum Gasteiger partial charge on any atom is 0.123 e. The predicted octanol–water partition coefficient (Wildman–Crippen LogP) is 2.16. The molecule has 1 aromatic rings. The summed E-state index contributed by atoms with van der Waals surface area (Å²) < 4.78 is 16.0. The van der Waals surface area contributed by atoms with Gasteiger partial charge in [0.15, 0.2) is 0 Å². The highest BCUT2D eigenvalue weighted by atomic mass is 16.5. The number of rotatable bonds is 10. The van der Waals surface area contributed by atoms with Crippen molar-refractivity contribution in [2.45, 2.75) is 13.3 Å². The molecule has 5 nitrogen and oxygen atoms in total. The van der Waals surface area contributed by atoms with Gasteiger partial charge in [-0.3, -0.25) is 0 Å². The van der Waals surface area contributed by atoms with E-state index in [0.717, 1.165) is 30.9 Å². The molecule has 114 valence electrons. The van der Waals surface area contributed by atoms with Gasteiger partial charge in [-0.25, -0.2) is 0 Å². The van der Waals surface area contributed by atoms with Crippen LogP contribution in [0.5, 0.6) is 5.75 Å². The fraction of sp³-hybridized carbons (Fsp3) is 0.600. The lowest BCUT2D eigenvalue weighted by atomic mass is 10.2. The lowest BCUT2D eigenvalue weighted by Gasteiger charge is -2.25. The average Bonchev–Trinajstić information content (AvgIpc) is 2.44. The monoisotopic (exact) mass is 282 g/mol. The van der Waals surface area contributed by atoms with E-state index in [1.807, 2.05) is 18.2 Å². The van der Waals surface area contributed by atoms with E-state index >= 15 is 0 Å². The molecule has 0 radical (unpaired) electrons. The summed E-state index contributed by atoms with van der Waals surface area (Å²) in [6.07, 6.45) is 0.973. The number of anilines is 2. The van der Waals surface area contributed by atoms with Crippen molar-refractivity contribution in [1.82, 2.24) is 0 Å². The van der Waals surface area contributed by atoms with Gasteiger partial charge < -0.3 is 24.8 Å². The Morgan fingerprint density at radius 2 is 1.65 bits per heavy atom. The lowest BCUT2D eigenvalue weighted by molar-refractivity contribution is 0.190. The van der Waals surface area contributed by atoms with Gasteiger partial charge >= 0.3 is 0 Å². The molecule has 0 fully saturated rings. The number of nitrogen functional groups attached to an aromatic ring is 1. The molecule has 0 atom stereocenters. The van der Waals surface area contributed by atoms with E-state index in [0.29, 0.717) is 25.5 Å². The van der Waals surface area contributed by atoms with Gasteiger partial charge in [-0.05, 0) is 12.5 Å². The van der Waals surface area contributed by atoms with Crippen molar-refractivity contribution in [3.8, 4) is 5.75 Å². The van der Waals surface area contributed by atoms with Crippen LogP contribution in [-0.4, -0.2) is 47.1 Å². The van der Waals surface area contributed by atoms with Gasteiger partial charge in [0.2, 0.25) is 0 Å². The molecule has 0 aromatic heterocycles. The minimum absolute atomic E-state index is 0.656. The van der Waals surface area contributed by atoms with E-state index < -0.39 is 0 Å². The minimum Gasteiger partial charge on any atom is -0.493 e. The highest BCUT2D eigenvalue weighted by Crippen LogP contribution is 2.25. The minimum atomic E-state index is 0.656. The second kappa shape index (κ2) is 9.44. The zero-order chi connectivity index (χ0) is 14.8. The number of nitrogens with two attached hydrogens (primary N) is 1. The summed E-state index contributed by atoms with van der Waals surface area (Å²) in [6.45, 7) is 5.66. The van der Waals surface area contributed by atoms with Gasteiger partial charge in [-0.1, -0.05) is 6.92 Å². The Morgan fingerprint density at radius 1 is 1.00 bits per heavy atom. The molecule has 0 aliphatic heterocycles. The van der Waals surface area contributed by atoms with Crippen LogP contribution in [0.15, 0.2) is 18.2 Å². The van der Waals surface area contributed by atoms with Crippen molar-refractivity contribution < 1.29 is 14.2 Å². The molecule has 0 heterocycles. The van der Waals surface area contributed by atoms with Crippen molar-refractivity contribution in [3.63, 3.8) is 0 Å². The molecule has 0 amide bonds. The molecule has 0 bridgehead atoms. The van der Waals surface area contributed by atoms with E-state index in [1.165, 1.54) is 0 Å². The Morgan fingerprint density at radius 3 is 2.20 bits per heavy atom. The highest BCUT2D eigenvalue weighted by molar-refractivity contribution is 5.60. The van der Waals surface area contributed by atoms with Crippen LogP contribution in [0.25, 0.3) is 0 Å². The van der Waals surface area contributed by atoms with Crippen LogP contribution < -0.4 is 15.4 Å². The molecule has 20 heavy (non-hydrogen) atoms. The van der Waals surface area contributed by atoms with Crippen LogP contribution >= 0.6 is 0 Å². The summed E-state index contributed by atoms with van der Waals surface area (Å²) in [4.78, 5) is 2.18. The molecule has 0 unspecified atom stereocenters. The smallest absolute Gasteiger partial charge is 0.123 e. The average molecular weight is 282 g/mol. The van der Waals surface area contributed by atoms with Crippen molar-refractivity contribution >= 4 is 11.4 Å². The van der Waals surface area contributed by atoms with Crippen LogP contribution in [0.2, 0.25) is 0 Å². The fourth-order valence-electron chi connectivity index (χ4n) is 1.86. The van der Waals surface area contributed by atoms with Gasteiger partial charge in [0.25, 0.3) is 0 Å². The molecule has 2 N–H and O–H groups in total. The summed E-state index contributed by atoms with van der Waals surface area (Å²) in [6, 6.07) is 5.81. The van der Waals surface area contributed by atoms with Crippen LogP contribution in [0, 0.1) is 0 Å². The first kappa shape index (κ1) is 16.6. The van der Waals surface area contributed by atoms with Gasteiger partial charge in [0.1, 0.15) is 5.75 Å². The predicted molar refractivity (Wildman–Crippen MR) is 82.6 cm³/mol. The Labute approximate surface area is 121 Å². The van der Waals surface area contributed by atoms with Crippen molar-refractivity contribution in [3.05, 3.63) is 18.2 Å². The second-order valence-corrected chi connectivity index (χ2v) is 4.58. The molecular weight excluding hydrogens is 256 g/mol. The van der Waals surface area contributed by atoms with Crippen LogP contribution in [0.4, 0.5) is 11.4 Å². The van der Waals surface area contributed by atoms with Gasteiger partial charge in [0, 0.05) is 50.8 Å². The third kappa shape index (κ3) is 5.67. The Kier molecular flexibility index (Phi) is 7.84. The van der Waals surface area contributed by atoms with E-state index in [9.17, 15) is 0 Å². The topological polar surface area (TPSA) is 57.0 Å². The molecule has 1 aromatic carbocycles. The summed E-state index contributed by atoms with van der Waals surface area (Å²) >= 11 is 0. The lowest BCUT2D eigenvalue weighted by Crippen LogP contribution is -2.30. The van der Waals surface area contributed by atoms with Crippen LogP contribution in [0.3, 0.4) is 0 Å². The standard InChI is InChI=1S/C15H26N2O3/c1-4-7-20-15-11-13(16)10-14(12-15)17(5-8-18-2)6-9-19-3/h10-12H,4-9,16H2,1-3H3. The zero-order valence-electron chi connectivity index (χ0n) is 12.7. The molecular formula is C15H26N2O3. The maximum atomic E-state index is 5.96. The Hall–Kier alpha value is -1.46. The number of hydrogen-bond donors (Lipinski definition) is 1. The number of nitrogens with zero attached hydrogens (tertiary/aromatic N) is 1. The fourth-order valence-corrected chi connectivity index (χ4v) is 1.86. The third-order valence-corrected chi connectivity index (χ3v) is 2.88. The largest absolute Gasteiger partial charge is 0.493 e. The van der Waals surface area contributed by atoms with Crippen molar-refractivity contribution in [2.75, 3.05) is 57.8 Å². The molecule has 5 heteroatoms. The van der Waals surface area contributed by atoms with Gasteiger partial charge in [0.05, 0.1) is 19.8 Å². The van der Waals surface area contributed by atoms with E-state index in [2.05, 4.69) is 11.8 Å². The molecule has 0 spiro atoms. The summed E-state index contributed by atoms with van der Waals surface area (Å²) in [7, 11) is 3.40. The molecule has 0 saturated carbocycles. The first-order valence-electron chi connectivity index (χ1n) is 6.97. The molecule has 1 rings (SSSR count). The third-order valence-electron chi connectivity index (χ3n) is 2.88. The van der Waals surface area contributed by atoms with Gasteiger partial charge in [-0.15, -0.1) is 0 Å².